The molecule has 154 valence electrons. The number of pyridine rings is 1. The number of carbonyl (C=O) groups excluding carboxylic acids is 1. The molecule has 0 radical (unpaired) electrons. The SMILES string of the molecule is Cc1c(C(=O)N(Cc2ccccn2)C2CCCNCC2)cnn1C(C)(C)C.Cl. The van der Waals surface area contributed by atoms with Gasteiger partial charge in [0.05, 0.1) is 29.5 Å². The summed E-state index contributed by atoms with van der Waals surface area (Å²) in [6, 6.07) is 6.08. The van der Waals surface area contributed by atoms with Gasteiger partial charge in [0.2, 0.25) is 0 Å². The third-order valence-corrected chi connectivity index (χ3v) is 5.18. The van der Waals surface area contributed by atoms with Crippen LogP contribution in [0.15, 0.2) is 30.6 Å². The molecular weight excluding hydrogens is 374 g/mol. The third-order valence-electron chi connectivity index (χ3n) is 5.18. The van der Waals surface area contributed by atoms with Crippen LogP contribution in [0.25, 0.3) is 0 Å². The Hall–Kier alpha value is -1.92. The van der Waals surface area contributed by atoms with Crippen molar-refractivity contribution in [2.24, 2.45) is 0 Å². The summed E-state index contributed by atoms with van der Waals surface area (Å²) in [5.74, 6) is 0.0561. The highest BCUT2D eigenvalue weighted by Gasteiger charge is 2.29. The molecule has 1 aliphatic heterocycles. The van der Waals surface area contributed by atoms with Crippen LogP contribution in [0.1, 0.15) is 61.8 Å². The highest BCUT2D eigenvalue weighted by Crippen LogP contribution is 2.23. The van der Waals surface area contributed by atoms with Crippen LogP contribution in [0, 0.1) is 6.92 Å². The fourth-order valence-corrected chi connectivity index (χ4v) is 3.80. The molecule has 3 heterocycles. The summed E-state index contributed by atoms with van der Waals surface area (Å²) < 4.78 is 1.94. The lowest BCUT2D eigenvalue weighted by Crippen LogP contribution is -2.41. The quantitative estimate of drug-likeness (QED) is 0.844. The highest BCUT2D eigenvalue weighted by atomic mass is 35.5. The van der Waals surface area contributed by atoms with Crippen LogP contribution in [0.4, 0.5) is 0 Å². The van der Waals surface area contributed by atoms with Gasteiger partial charge in [-0.05, 0) is 72.2 Å². The molecule has 1 saturated heterocycles. The molecule has 3 rings (SSSR count). The minimum absolute atomic E-state index is 0. The lowest BCUT2D eigenvalue weighted by Gasteiger charge is -2.31. The largest absolute Gasteiger partial charge is 0.330 e. The summed E-state index contributed by atoms with van der Waals surface area (Å²) >= 11 is 0. The maximum absolute atomic E-state index is 13.5. The summed E-state index contributed by atoms with van der Waals surface area (Å²) in [5, 5.41) is 7.94. The van der Waals surface area contributed by atoms with Crippen molar-refractivity contribution in [2.75, 3.05) is 13.1 Å². The second-order valence-electron chi connectivity index (χ2n) is 8.32. The van der Waals surface area contributed by atoms with Gasteiger partial charge in [-0.15, -0.1) is 12.4 Å². The van der Waals surface area contributed by atoms with E-state index < -0.39 is 0 Å². The first kappa shape index (κ1) is 22.4. The number of nitrogens with zero attached hydrogens (tertiary/aromatic N) is 4. The molecule has 2 aromatic heterocycles. The fraction of sp³-hybridized carbons (Fsp3) is 0.571. The summed E-state index contributed by atoms with van der Waals surface area (Å²) in [6.07, 6.45) is 6.57. The topological polar surface area (TPSA) is 63.1 Å². The highest BCUT2D eigenvalue weighted by molar-refractivity contribution is 5.95. The Bertz CT molecular complexity index is 761. The molecule has 1 N–H and O–H groups in total. The van der Waals surface area contributed by atoms with Crippen LogP contribution in [0.2, 0.25) is 0 Å². The molecule has 1 atom stereocenters. The van der Waals surface area contributed by atoms with Crippen molar-refractivity contribution in [3.8, 4) is 0 Å². The van der Waals surface area contributed by atoms with Gasteiger partial charge in [-0.3, -0.25) is 14.5 Å². The number of rotatable bonds is 4. The Labute approximate surface area is 174 Å². The number of halogens is 1. The zero-order chi connectivity index (χ0) is 19.4. The number of carbonyl (C=O) groups is 1. The lowest BCUT2D eigenvalue weighted by atomic mass is 10.0. The average Bonchev–Trinajstić information content (AvgIpc) is 2.85. The van der Waals surface area contributed by atoms with Crippen molar-refractivity contribution < 1.29 is 4.79 Å². The molecule has 2 aromatic rings. The van der Waals surface area contributed by atoms with Crippen LogP contribution >= 0.6 is 12.4 Å². The molecule has 6 nitrogen and oxygen atoms in total. The van der Waals surface area contributed by atoms with Crippen LogP contribution in [0.5, 0.6) is 0 Å². The monoisotopic (exact) mass is 405 g/mol. The van der Waals surface area contributed by atoms with E-state index in [1.54, 1.807) is 12.4 Å². The molecule has 1 aliphatic rings. The van der Waals surface area contributed by atoms with E-state index in [1.807, 2.05) is 34.7 Å². The number of amides is 1. The summed E-state index contributed by atoms with van der Waals surface area (Å²) in [4.78, 5) is 20.0. The van der Waals surface area contributed by atoms with Gasteiger partial charge in [-0.25, -0.2) is 0 Å². The van der Waals surface area contributed by atoms with Gasteiger partial charge in [0.1, 0.15) is 0 Å². The second kappa shape index (κ2) is 9.52. The van der Waals surface area contributed by atoms with Gasteiger partial charge in [-0.1, -0.05) is 6.07 Å². The van der Waals surface area contributed by atoms with E-state index in [9.17, 15) is 4.79 Å². The van der Waals surface area contributed by atoms with Gasteiger partial charge in [-0.2, -0.15) is 5.10 Å². The Balaban J connectivity index is 0.00000280. The van der Waals surface area contributed by atoms with E-state index in [1.165, 1.54) is 0 Å². The maximum Gasteiger partial charge on any atom is 0.257 e. The molecule has 1 amide bonds. The molecule has 0 bridgehead atoms. The van der Waals surface area contributed by atoms with Crippen molar-refractivity contribution in [1.29, 1.82) is 0 Å². The Morgan fingerprint density at radius 3 is 2.71 bits per heavy atom. The van der Waals surface area contributed by atoms with Crippen LogP contribution < -0.4 is 5.32 Å². The van der Waals surface area contributed by atoms with E-state index >= 15 is 0 Å². The summed E-state index contributed by atoms with van der Waals surface area (Å²) in [6.45, 7) is 10.8. The van der Waals surface area contributed by atoms with Gasteiger partial charge in [0.15, 0.2) is 0 Å². The molecule has 0 aliphatic carbocycles. The van der Waals surface area contributed by atoms with Crippen molar-refractivity contribution >= 4 is 18.3 Å². The Morgan fingerprint density at radius 1 is 1.29 bits per heavy atom. The first-order valence-corrected chi connectivity index (χ1v) is 9.84. The minimum atomic E-state index is -0.152. The van der Waals surface area contributed by atoms with Gasteiger partial charge < -0.3 is 10.2 Å². The number of aromatic nitrogens is 3. The Morgan fingerprint density at radius 2 is 2.07 bits per heavy atom. The van der Waals surface area contributed by atoms with Crippen molar-refractivity contribution in [3.05, 3.63) is 47.5 Å². The zero-order valence-corrected chi connectivity index (χ0v) is 18.1. The van der Waals surface area contributed by atoms with Gasteiger partial charge in [0, 0.05) is 17.9 Å². The van der Waals surface area contributed by atoms with E-state index in [4.69, 9.17) is 0 Å². The van der Waals surface area contributed by atoms with E-state index in [0.29, 0.717) is 12.1 Å². The van der Waals surface area contributed by atoms with Crippen molar-refractivity contribution in [3.63, 3.8) is 0 Å². The molecule has 7 heteroatoms. The standard InChI is InChI=1S/C21H31N5O.ClH/c1-16-19(14-24-26(16)21(2,3)4)20(27)25(15-17-8-5-6-12-23-17)18-9-7-11-22-13-10-18;/h5-6,8,12,14,18,22H,7,9-11,13,15H2,1-4H3;1H. The average molecular weight is 406 g/mol. The molecule has 1 unspecified atom stereocenters. The minimum Gasteiger partial charge on any atom is -0.330 e. The van der Waals surface area contributed by atoms with E-state index in [0.717, 1.165) is 43.7 Å². The lowest BCUT2D eigenvalue weighted by molar-refractivity contribution is 0.0641. The molecule has 0 aromatic carbocycles. The first-order valence-electron chi connectivity index (χ1n) is 9.84. The summed E-state index contributed by atoms with van der Waals surface area (Å²) in [5.41, 5.74) is 2.38. The first-order chi connectivity index (χ1) is 12.9. The molecule has 28 heavy (non-hydrogen) atoms. The normalized spacial score (nSPS) is 17.5. The predicted octanol–water partition coefficient (Wildman–Crippen LogP) is 3.55. The van der Waals surface area contributed by atoms with Gasteiger partial charge in [0.25, 0.3) is 5.91 Å². The van der Waals surface area contributed by atoms with E-state index in [2.05, 4.69) is 36.2 Å². The van der Waals surface area contributed by atoms with Crippen molar-refractivity contribution in [1.82, 2.24) is 25.0 Å². The van der Waals surface area contributed by atoms with Crippen LogP contribution in [-0.2, 0) is 12.1 Å². The number of hydrogen-bond acceptors (Lipinski definition) is 4. The van der Waals surface area contributed by atoms with Gasteiger partial charge >= 0.3 is 0 Å². The summed E-state index contributed by atoms with van der Waals surface area (Å²) in [7, 11) is 0. The Kier molecular flexibility index (Phi) is 7.61. The molecular formula is C21H32ClN5O. The second-order valence-corrected chi connectivity index (χ2v) is 8.32. The molecule has 1 fully saturated rings. The fourth-order valence-electron chi connectivity index (χ4n) is 3.80. The van der Waals surface area contributed by atoms with Crippen LogP contribution in [-0.4, -0.2) is 44.7 Å². The van der Waals surface area contributed by atoms with Crippen molar-refractivity contribution in [2.45, 2.75) is 65.1 Å². The zero-order valence-electron chi connectivity index (χ0n) is 17.3. The number of hydrogen-bond donors (Lipinski definition) is 1. The van der Waals surface area contributed by atoms with E-state index in [-0.39, 0.29) is 29.9 Å². The third kappa shape index (κ3) is 5.11. The number of nitrogens with one attached hydrogen (secondary N) is 1. The maximum atomic E-state index is 13.5. The molecule has 0 saturated carbocycles. The van der Waals surface area contributed by atoms with Crippen LogP contribution in [0.3, 0.4) is 0 Å². The predicted molar refractivity (Wildman–Crippen MR) is 114 cm³/mol. The smallest absolute Gasteiger partial charge is 0.257 e. The molecule has 0 spiro atoms.